The average Bonchev–Trinajstić information content (AvgIpc) is 3.37. The maximum atomic E-state index is 12.9. The number of imide groups is 2. The maximum Gasteiger partial charge on any atom is 0.343 e. The SMILES string of the molecule is O=C1CCN(N2C(=O)c3ccc(CN4CCN(c5ccsc5)CC4)cc3C2=O)C(=O)N1. The van der Waals surface area contributed by atoms with Crippen molar-refractivity contribution >= 4 is 40.8 Å². The molecule has 1 aromatic carbocycles. The van der Waals surface area contributed by atoms with Gasteiger partial charge >= 0.3 is 6.03 Å². The van der Waals surface area contributed by atoms with Gasteiger partial charge < -0.3 is 4.90 Å². The first-order valence-corrected chi connectivity index (χ1v) is 11.1. The monoisotopic (exact) mass is 439 g/mol. The molecule has 0 aliphatic carbocycles. The van der Waals surface area contributed by atoms with Gasteiger partial charge in [0, 0.05) is 50.2 Å². The van der Waals surface area contributed by atoms with Gasteiger partial charge in [-0.1, -0.05) is 6.07 Å². The fourth-order valence-corrected chi connectivity index (χ4v) is 4.86. The molecule has 3 aliphatic rings. The number of carbonyl (C=O) groups is 4. The van der Waals surface area contributed by atoms with Gasteiger partial charge in [-0.3, -0.25) is 24.6 Å². The maximum absolute atomic E-state index is 12.9. The number of rotatable bonds is 4. The number of carbonyl (C=O) groups excluding carboxylic acids is 4. The van der Waals surface area contributed by atoms with Crippen molar-refractivity contribution in [3.05, 3.63) is 51.7 Å². The summed E-state index contributed by atoms with van der Waals surface area (Å²) in [5.74, 6) is -1.49. The molecule has 31 heavy (non-hydrogen) atoms. The van der Waals surface area contributed by atoms with Gasteiger partial charge in [0.2, 0.25) is 5.91 Å². The molecule has 0 saturated carbocycles. The Balaban J connectivity index is 1.27. The van der Waals surface area contributed by atoms with E-state index in [1.54, 1.807) is 23.5 Å². The number of thiophene rings is 1. The van der Waals surface area contributed by atoms with E-state index in [1.165, 1.54) is 5.69 Å². The summed E-state index contributed by atoms with van der Waals surface area (Å²) in [6, 6.07) is 6.63. The Labute approximate surface area is 182 Å². The van der Waals surface area contributed by atoms with Crippen LogP contribution in [-0.4, -0.2) is 71.4 Å². The minimum Gasteiger partial charge on any atom is -0.368 e. The van der Waals surface area contributed by atoms with E-state index in [0.29, 0.717) is 12.1 Å². The van der Waals surface area contributed by atoms with E-state index in [4.69, 9.17) is 0 Å². The lowest BCUT2D eigenvalue weighted by molar-refractivity contribution is -0.122. The quantitative estimate of drug-likeness (QED) is 0.727. The third-order valence-corrected chi connectivity index (χ3v) is 6.52. The molecular weight excluding hydrogens is 418 g/mol. The Morgan fingerprint density at radius 3 is 2.39 bits per heavy atom. The smallest absolute Gasteiger partial charge is 0.343 e. The topological polar surface area (TPSA) is 93.3 Å². The van der Waals surface area contributed by atoms with E-state index in [2.05, 4.69) is 31.9 Å². The fourth-order valence-electron chi connectivity index (χ4n) is 4.20. The second-order valence-electron chi connectivity index (χ2n) is 7.77. The van der Waals surface area contributed by atoms with Gasteiger partial charge in [0.15, 0.2) is 0 Å². The fraction of sp³-hybridized carbons (Fsp3) is 0.333. The highest BCUT2D eigenvalue weighted by Crippen LogP contribution is 2.27. The van der Waals surface area contributed by atoms with Crippen molar-refractivity contribution in [3.8, 4) is 0 Å². The lowest BCUT2D eigenvalue weighted by Crippen LogP contribution is -2.58. The molecule has 9 nitrogen and oxygen atoms in total. The second kappa shape index (κ2) is 7.78. The van der Waals surface area contributed by atoms with E-state index in [1.807, 2.05) is 6.07 Å². The van der Waals surface area contributed by atoms with Gasteiger partial charge in [-0.05, 0) is 29.1 Å². The first-order chi connectivity index (χ1) is 15.0. The number of benzene rings is 1. The summed E-state index contributed by atoms with van der Waals surface area (Å²) < 4.78 is 0. The highest BCUT2D eigenvalue weighted by molar-refractivity contribution is 7.08. The Hall–Kier alpha value is -3.24. The molecule has 0 spiro atoms. The number of nitrogens with one attached hydrogen (secondary N) is 1. The van der Waals surface area contributed by atoms with Gasteiger partial charge in [-0.2, -0.15) is 16.3 Å². The van der Waals surface area contributed by atoms with Crippen molar-refractivity contribution in [2.75, 3.05) is 37.6 Å². The van der Waals surface area contributed by atoms with Crippen LogP contribution in [0.25, 0.3) is 0 Å². The van der Waals surface area contributed by atoms with E-state index in [9.17, 15) is 19.2 Å². The number of fused-ring (bicyclic) bond motifs is 1. The molecular formula is C21H21N5O4S. The number of nitrogens with zero attached hydrogens (tertiary/aromatic N) is 4. The number of anilines is 1. The molecule has 160 valence electrons. The highest BCUT2D eigenvalue weighted by Gasteiger charge is 2.43. The van der Waals surface area contributed by atoms with Crippen LogP contribution < -0.4 is 10.2 Å². The van der Waals surface area contributed by atoms with Crippen molar-refractivity contribution in [1.82, 2.24) is 20.2 Å². The van der Waals surface area contributed by atoms with Crippen molar-refractivity contribution in [2.24, 2.45) is 0 Å². The molecule has 1 aromatic heterocycles. The van der Waals surface area contributed by atoms with Crippen LogP contribution in [0.5, 0.6) is 0 Å². The van der Waals surface area contributed by atoms with Crippen LogP contribution in [0.2, 0.25) is 0 Å². The van der Waals surface area contributed by atoms with Crippen molar-refractivity contribution in [1.29, 1.82) is 0 Å². The molecule has 1 N–H and O–H groups in total. The van der Waals surface area contributed by atoms with Crippen LogP contribution >= 0.6 is 11.3 Å². The Bertz CT molecular complexity index is 1060. The molecule has 5 amide bonds. The van der Waals surface area contributed by atoms with E-state index in [0.717, 1.165) is 41.8 Å². The third-order valence-electron chi connectivity index (χ3n) is 5.85. The summed E-state index contributed by atoms with van der Waals surface area (Å²) in [6.07, 6.45) is 0.0434. The van der Waals surface area contributed by atoms with Crippen LogP contribution in [0.4, 0.5) is 10.5 Å². The molecule has 10 heteroatoms. The average molecular weight is 439 g/mol. The van der Waals surface area contributed by atoms with Gasteiger partial charge in [-0.25, -0.2) is 9.80 Å². The summed E-state index contributed by atoms with van der Waals surface area (Å²) in [5, 5.41) is 8.24. The van der Waals surface area contributed by atoms with E-state index < -0.39 is 23.8 Å². The van der Waals surface area contributed by atoms with Crippen LogP contribution in [-0.2, 0) is 11.3 Å². The summed E-state index contributed by atoms with van der Waals surface area (Å²) >= 11 is 1.70. The molecule has 2 aromatic rings. The minimum atomic E-state index is -0.755. The van der Waals surface area contributed by atoms with Crippen LogP contribution in [0.15, 0.2) is 35.0 Å². The summed E-state index contributed by atoms with van der Waals surface area (Å²) in [7, 11) is 0. The van der Waals surface area contributed by atoms with E-state index in [-0.39, 0.29) is 18.5 Å². The second-order valence-corrected chi connectivity index (χ2v) is 8.55. The Morgan fingerprint density at radius 1 is 0.903 bits per heavy atom. The zero-order chi connectivity index (χ0) is 21.5. The van der Waals surface area contributed by atoms with Crippen LogP contribution in [0.1, 0.15) is 32.7 Å². The van der Waals surface area contributed by atoms with E-state index >= 15 is 0 Å². The Kier molecular flexibility index (Phi) is 4.95. The number of amides is 5. The third kappa shape index (κ3) is 3.57. The Morgan fingerprint density at radius 2 is 1.68 bits per heavy atom. The summed E-state index contributed by atoms with van der Waals surface area (Å²) in [4.78, 5) is 53.9. The molecule has 3 aliphatic heterocycles. The summed E-state index contributed by atoms with van der Waals surface area (Å²) in [5.41, 5.74) is 2.78. The van der Waals surface area contributed by atoms with Crippen molar-refractivity contribution in [3.63, 3.8) is 0 Å². The number of hydrogen-bond acceptors (Lipinski definition) is 7. The standard InChI is InChI=1S/C21H21N5O4S/c27-18-3-5-25(21(30)22-18)26-19(28)16-2-1-14(11-17(16)20(26)29)12-23-6-8-24(9-7-23)15-4-10-31-13-15/h1-2,4,10-11,13H,3,5-9,12H2,(H,22,27,30). The molecule has 4 heterocycles. The number of urea groups is 1. The first kappa shape index (κ1) is 19.7. The molecule has 0 atom stereocenters. The molecule has 0 bridgehead atoms. The zero-order valence-corrected chi connectivity index (χ0v) is 17.6. The van der Waals surface area contributed by atoms with Gasteiger partial charge in [0.25, 0.3) is 11.8 Å². The molecule has 0 radical (unpaired) electrons. The van der Waals surface area contributed by atoms with Gasteiger partial charge in [0.1, 0.15) is 0 Å². The molecule has 5 rings (SSSR count). The van der Waals surface area contributed by atoms with Crippen LogP contribution in [0.3, 0.4) is 0 Å². The number of hydrogen-bond donors (Lipinski definition) is 1. The first-order valence-electron chi connectivity index (χ1n) is 10.1. The van der Waals surface area contributed by atoms with Crippen molar-refractivity contribution in [2.45, 2.75) is 13.0 Å². The molecule has 2 saturated heterocycles. The predicted molar refractivity (Wildman–Crippen MR) is 114 cm³/mol. The normalized spacial score (nSPS) is 19.8. The van der Waals surface area contributed by atoms with Gasteiger partial charge in [-0.15, -0.1) is 0 Å². The van der Waals surface area contributed by atoms with Crippen LogP contribution in [0, 0.1) is 0 Å². The van der Waals surface area contributed by atoms with Crippen molar-refractivity contribution < 1.29 is 19.2 Å². The highest BCUT2D eigenvalue weighted by atomic mass is 32.1. The van der Waals surface area contributed by atoms with Gasteiger partial charge in [0.05, 0.1) is 17.7 Å². The lowest BCUT2D eigenvalue weighted by Gasteiger charge is -2.35. The molecule has 2 fully saturated rings. The molecule has 0 unspecified atom stereocenters. The largest absolute Gasteiger partial charge is 0.368 e. The zero-order valence-electron chi connectivity index (χ0n) is 16.7. The number of hydrazine groups is 1. The lowest BCUT2D eigenvalue weighted by atomic mass is 10.1. The number of piperazine rings is 1. The summed E-state index contributed by atoms with van der Waals surface area (Å²) in [6.45, 7) is 4.38. The predicted octanol–water partition coefficient (Wildman–Crippen LogP) is 1.52. The minimum absolute atomic E-state index is 0.00258.